The average molecular weight is 535 g/mol. The minimum Gasteiger partial charge on any atom is -0.406 e. The third kappa shape index (κ3) is 5.21. The van der Waals surface area contributed by atoms with Crippen LogP contribution in [0.2, 0.25) is 0 Å². The molecule has 0 amide bonds. The molecule has 3 heterocycles. The minimum absolute atomic E-state index is 0.0431. The molecule has 196 valence electrons. The number of aryl methyl sites for hydroxylation is 1. The summed E-state index contributed by atoms with van der Waals surface area (Å²) in [7, 11) is 1.73. The van der Waals surface area contributed by atoms with Gasteiger partial charge in [-0.3, -0.25) is 14.0 Å². The molecule has 0 saturated carbocycles. The number of nitrogens with zero attached hydrogens (tertiary/aromatic N) is 6. The Balaban J connectivity index is 1.69. The molecule has 0 atom stereocenters. The molecule has 0 bridgehead atoms. The number of rotatable bonds is 5. The number of alkyl halides is 6. The normalized spacial score (nSPS) is 12.3. The predicted octanol–water partition coefficient (Wildman–Crippen LogP) is 4.60. The molecule has 38 heavy (non-hydrogen) atoms. The summed E-state index contributed by atoms with van der Waals surface area (Å²) in [5, 5.41) is 7.03. The average Bonchev–Trinajstić information content (AvgIpc) is 3.21. The summed E-state index contributed by atoms with van der Waals surface area (Å²) in [5.41, 5.74) is 0.276. The zero-order chi connectivity index (χ0) is 27.2. The van der Waals surface area contributed by atoms with Crippen molar-refractivity contribution in [2.45, 2.75) is 12.5 Å². The molecule has 0 fully saturated rings. The Labute approximate surface area is 208 Å². The largest absolute Gasteiger partial charge is 0.573 e. The molecule has 5 rings (SSSR count). The molecule has 0 saturated heterocycles. The van der Waals surface area contributed by atoms with Gasteiger partial charge in [0.25, 0.3) is 5.56 Å². The molecule has 0 aliphatic carbocycles. The Kier molecular flexibility index (Phi) is 5.92. The zero-order valence-electron chi connectivity index (χ0n) is 19.2. The van der Waals surface area contributed by atoms with Crippen molar-refractivity contribution in [2.75, 3.05) is 11.9 Å². The van der Waals surface area contributed by atoms with Gasteiger partial charge in [-0.05, 0) is 36.4 Å². The summed E-state index contributed by atoms with van der Waals surface area (Å²) in [5.74, 6) is -0.955. The summed E-state index contributed by atoms with van der Waals surface area (Å²) < 4.78 is 82.4. The van der Waals surface area contributed by atoms with Crippen LogP contribution in [0, 0.1) is 0 Å². The van der Waals surface area contributed by atoms with Gasteiger partial charge in [0, 0.05) is 24.2 Å². The SMILES string of the molecule is Cn1cc2cc(-c3nc4cnc(NCC(F)(F)F)nc4n(-c4ccc(OC(F)(F)F)cc4)c3=O)ccc2n1. The van der Waals surface area contributed by atoms with E-state index < -0.39 is 36.3 Å². The van der Waals surface area contributed by atoms with Crippen LogP contribution >= 0.6 is 0 Å². The Morgan fingerprint density at radius 3 is 2.39 bits per heavy atom. The van der Waals surface area contributed by atoms with E-state index in [-0.39, 0.29) is 22.5 Å². The number of hydrogen-bond donors (Lipinski definition) is 1. The van der Waals surface area contributed by atoms with Gasteiger partial charge < -0.3 is 10.1 Å². The first-order valence-electron chi connectivity index (χ1n) is 10.8. The number of hydrogen-bond acceptors (Lipinski definition) is 7. The highest BCUT2D eigenvalue weighted by molar-refractivity contribution is 5.84. The molecule has 0 aliphatic heterocycles. The fourth-order valence-electron chi connectivity index (χ4n) is 3.77. The van der Waals surface area contributed by atoms with Crippen LogP contribution in [0.15, 0.2) is 59.7 Å². The minimum atomic E-state index is -4.92. The summed E-state index contributed by atoms with van der Waals surface area (Å²) in [4.78, 5) is 25.9. The molecule has 0 aliphatic rings. The van der Waals surface area contributed by atoms with Crippen LogP contribution in [-0.4, -0.2) is 48.4 Å². The standard InChI is InChI=1S/C23H15F6N7O2/c1-35-10-13-8-12(2-7-16(13)34-35)18-20(37)36(14-3-5-15(6-4-14)38-23(27,28)29)19-17(32-18)9-30-21(33-19)31-11-22(24,25)26/h2-10H,11H2,1H3,(H,30,31,33). The number of halogens is 6. The van der Waals surface area contributed by atoms with E-state index in [1.807, 2.05) is 5.32 Å². The summed E-state index contributed by atoms with van der Waals surface area (Å²) in [6.07, 6.45) is -6.60. The van der Waals surface area contributed by atoms with Crippen LogP contribution in [0.1, 0.15) is 0 Å². The van der Waals surface area contributed by atoms with Gasteiger partial charge >= 0.3 is 12.5 Å². The van der Waals surface area contributed by atoms with Crippen LogP contribution in [-0.2, 0) is 7.05 Å². The molecule has 0 unspecified atom stereocenters. The topological polar surface area (TPSA) is 99.8 Å². The van der Waals surface area contributed by atoms with Crippen molar-refractivity contribution in [1.29, 1.82) is 0 Å². The van der Waals surface area contributed by atoms with Crippen LogP contribution in [0.4, 0.5) is 32.3 Å². The van der Waals surface area contributed by atoms with E-state index in [2.05, 4.69) is 24.8 Å². The maximum atomic E-state index is 13.7. The van der Waals surface area contributed by atoms with Crippen LogP contribution in [0.3, 0.4) is 0 Å². The number of ether oxygens (including phenoxy) is 1. The lowest BCUT2D eigenvalue weighted by Gasteiger charge is -2.14. The molecule has 1 N–H and O–H groups in total. The van der Waals surface area contributed by atoms with Crippen molar-refractivity contribution in [3.63, 3.8) is 0 Å². The lowest BCUT2D eigenvalue weighted by atomic mass is 10.1. The fraction of sp³-hybridized carbons (Fsp3) is 0.174. The Bertz CT molecular complexity index is 1710. The summed E-state index contributed by atoms with van der Waals surface area (Å²) >= 11 is 0. The Morgan fingerprint density at radius 2 is 1.71 bits per heavy atom. The van der Waals surface area contributed by atoms with E-state index in [0.717, 1.165) is 28.3 Å². The van der Waals surface area contributed by atoms with Gasteiger partial charge in [-0.1, -0.05) is 6.07 Å². The fourth-order valence-corrected chi connectivity index (χ4v) is 3.77. The predicted molar refractivity (Wildman–Crippen MR) is 124 cm³/mol. The molecule has 0 spiro atoms. The molecule has 0 radical (unpaired) electrons. The van der Waals surface area contributed by atoms with Crippen molar-refractivity contribution in [1.82, 2.24) is 29.3 Å². The molecular weight excluding hydrogens is 520 g/mol. The van der Waals surface area contributed by atoms with Gasteiger partial charge in [-0.25, -0.2) is 9.97 Å². The van der Waals surface area contributed by atoms with Crippen molar-refractivity contribution in [3.8, 4) is 22.7 Å². The first-order chi connectivity index (χ1) is 17.9. The first kappa shape index (κ1) is 25.0. The van der Waals surface area contributed by atoms with Gasteiger partial charge in [0.1, 0.15) is 23.5 Å². The molecular formula is C23H15F6N7O2. The molecule has 15 heteroatoms. The monoisotopic (exact) mass is 535 g/mol. The number of benzene rings is 2. The van der Waals surface area contributed by atoms with Gasteiger partial charge in [0.2, 0.25) is 5.95 Å². The van der Waals surface area contributed by atoms with Crippen molar-refractivity contribution in [3.05, 3.63) is 65.2 Å². The zero-order valence-corrected chi connectivity index (χ0v) is 19.2. The number of nitrogens with one attached hydrogen (secondary N) is 1. The van der Waals surface area contributed by atoms with Crippen LogP contribution < -0.4 is 15.6 Å². The smallest absolute Gasteiger partial charge is 0.406 e. The van der Waals surface area contributed by atoms with Crippen molar-refractivity contribution < 1.29 is 31.1 Å². The van der Waals surface area contributed by atoms with Crippen LogP contribution in [0.25, 0.3) is 39.0 Å². The van der Waals surface area contributed by atoms with Crippen molar-refractivity contribution in [2.24, 2.45) is 7.05 Å². The summed E-state index contributed by atoms with van der Waals surface area (Å²) in [6, 6.07) is 9.34. The molecule has 5 aromatic rings. The van der Waals surface area contributed by atoms with E-state index in [1.54, 1.807) is 36.1 Å². The molecule has 3 aromatic heterocycles. The Hall–Kier alpha value is -4.69. The lowest BCUT2D eigenvalue weighted by molar-refractivity contribution is -0.274. The number of fused-ring (bicyclic) bond motifs is 2. The summed E-state index contributed by atoms with van der Waals surface area (Å²) in [6.45, 7) is -1.43. The lowest BCUT2D eigenvalue weighted by Crippen LogP contribution is -2.25. The Morgan fingerprint density at radius 1 is 0.974 bits per heavy atom. The van der Waals surface area contributed by atoms with Crippen molar-refractivity contribution >= 4 is 28.0 Å². The van der Waals surface area contributed by atoms with Gasteiger partial charge in [0.05, 0.1) is 17.4 Å². The van der Waals surface area contributed by atoms with E-state index in [9.17, 15) is 31.1 Å². The second kappa shape index (κ2) is 9.00. The highest BCUT2D eigenvalue weighted by Gasteiger charge is 2.31. The third-order valence-corrected chi connectivity index (χ3v) is 5.27. The van der Waals surface area contributed by atoms with Gasteiger partial charge in [-0.2, -0.15) is 23.3 Å². The maximum absolute atomic E-state index is 13.7. The second-order valence-electron chi connectivity index (χ2n) is 8.09. The molecule has 2 aromatic carbocycles. The van der Waals surface area contributed by atoms with Crippen LogP contribution in [0.5, 0.6) is 5.75 Å². The number of anilines is 1. The highest BCUT2D eigenvalue weighted by Crippen LogP contribution is 2.26. The van der Waals surface area contributed by atoms with E-state index >= 15 is 0 Å². The number of aromatic nitrogens is 6. The van der Waals surface area contributed by atoms with Gasteiger partial charge in [0.15, 0.2) is 5.65 Å². The highest BCUT2D eigenvalue weighted by atomic mass is 19.4. The first-order valence-corrected chi connectivity index (χ1v) is 10.8. The third-order valence-electron chi connectivity index (χ3n) is 5.27. The van der Waals surface area contributed by atoms with E-state index in [4.69, 9.17) is 0 Å². The molecule has 9 nitrogen and oxygen atoms in total. The van der Waals surface area contributed by atoms with Gasteiger partial charge in [-0.15, -0.1) is 13.2 Å². The van der Waals surface area contributed by atoms with E-state index in [1.165, 1.54) is 12.1 Å². The quantitative estimate of drug-likeness (QED) is 0.329. The second-order valence-corrected chi connectivity index (χ2v) is 8.09. The van der Waals surface area contributed by atoms with E-state index in [0.29, 0.717) is 11.1 Å². The maximum Gasteiger partial charge on any atom is 0.573 e.